The van der Waals surface area contributed by atoms with Crippen LogP contribution < -0.4 is 5.32 Å². The predicted molar refractivity (Wildman–Crippen MR) is 50.2 cm³/mol. The number of likely N-dealkylation sites (N-methyl/N-ethyl adjacent to an activating group) is 1. The average molecular weight is 170 g/mol. The van der Waals surface area contributed by atoms with Crippen LogP contribution in [-0.2, 0) is 4.79 Å². The van der Waals surface area contributed by atoms with Crippen molar-refractivity contribution in [2.45, 2.75) is 6.92 Å². The fourth-order valence-electron chi connectivity index (χ4n) is 0.623. The standard InChI is InChI=1S/C9H18N2O/c1-8(2)9(12)10-6-7-11(3,4)5/h1,3,6-7H2,2,4-5H3,(H,10,12). The van der Waals surface area contributed by atoms with Crippen molar-refractivity contribution in [3.8, 4) is 0 Å². The maximum atomic E-state index is 11.0. The lowest BCUT2D eigenvalue weighted by atomic mass is 10.3. The molecule has 12 heavy (non-hydrogen) atoms. The Balaban J connectivity index is 3.58. The van der Waals surface area contributed by atoms with Gasteiger partial charge in [-0.2, -0.15) is 0 Å². The summed E-state index contributed by atoms with van der Waals surface area (Å²) in [5, 5.41) is 2.74. The zero-order valence-corrected chi connectivity index (χ0v) is 8.18. The van der Waals surface area contributed by atoms with E-state index in [0.717, 1.165) is 6.54 Å². The van der Waals surface area contributed by atoms with Gasteiger partial charge in [0.1, 0.15) is 0 Å². The molecular weight excluding hydrogens is 152 g/mol. The van der Waals surface area contributed by atoms with E-state index in [-0.39, 0.29) is 5.91 Å². The highest BCUT2D eigenvalue weighted by Gasteiger charge is 2.03. The van der Waals surface area contributed by atoms with Crippen molar-refractivity contribution >= 4 is 5.91 Å². The summed E-state index contributed by atoms with van der Waals surface area (Å²) in [6, 6.07) is 0. The monoisotopic (exact) mass is 170 g/mol. The fourth-order valence-corrected chi connectivity index (χ4v) is 0.623. The Morgan fingerprint density at radius 3 is 2.42 bits per heavy atom. The van der Waals surface area contributed by atoms with Crippen LogP contribution in [0.25, 0.3) is 0 Å². The molecule has 0 bridgehead atoms. The molecule has 0 fully saturated rings. The normalized spacial score (nSPS) is 11.0. The molecular formula is C9H18N2O. The van der Waals surface area contributed by atoms with Crippen LogP contribution in [0.4, 0.5) is 0 Å². The smallest absolute Gasteiger partial charge is 0.246 e. The summed E-state index contributed by atoms with van der Waals surface area (Å²) in [5.41, 5.74) is 0.546. The second-order valence-electron chi connectivity index (χ2n) is 3.70. The lowest BCUT2D eigenvalue weighted by Crippen LogP contribution is -2.40. The van der Waals surface area contributed by atoms with Crippen LogP contribution in [0.2, 0.25) is 0 Å². The van der Waals surface area contributed by atoms with Crippen LogP contribution in [0.1, 0.15) is 6.92 Å². The molecule has 0 heterocycles. The van der Waals surface area contributed by atoms with E-state index in [1.54, 1.807) is 6.92 Å². The van der Waals surface area contributed by atoms with Gasteiger partial charge < -0.3 is 9.80 Å². The summed E-state index contributed by atoms with van der Waals surface area (Å²) in [5.74, 6) is -0.0801. The number of nitrogens with one attached hydrogen (secondary N) is 1. The van der Waals surface area contributed by atoms with Crippen molar-refractivity contribution in [3.63, 3.8) is 0 Å². The molecule has 0 unspecified atom stereocenters. The van der Waals surface area contributed by atoms with Crippen molar-refractivity contribution < 1.29 is 9.28 Å². The maximum Gasteiger partial charge on any atom is 0.246 e. The summed E-state index contributed by atoms with van der Waals surface area (Å²) >= 11 is 0. The number of carbonyl (C=O) groups is 1. The van der Waals surface area contributed by atoms with Gasteiger partial charge in [0, 0.05) is 19.7 Å². The minimum Gasteiger partial charge on any atom is -0.460 e. The molecule has 0 saturated carbocycles. The third kappa shape index (κ3) is 5.92. The quantitative estimate of drug-likeness (QED) is 0.372. The van der Waals surface area contributed by atoms with Crippen LogP contribution in [0.15, 0.2) is 12.2 Å². The molecule has 0 radical (unpaired) electrons. The highest BCUT2D eigenvalue weighted by molar-refractivity contribution is 5.91. The van der Waals surface area contributed by atoms with E-state index < -0.39 is 0 Å². The molecule has 0 aromatic heterocycles. The first-order chi connectivity index (χ1) is 5.33. The van der Waals surface area contributed by atoms with Crippen LogP contribution >= 0.6 is 0 Å². The molecule has 0 rings (SSSR count). The zero-order chi connectivity index (χ0) is 9.78. The van der Waals surface area contributed by atoms with Crippen molar-refractivity contribution in [3.05, 3.63) is 19.2 Å². The molecule has 0 atom stereocenters. The summed E-state index contributed by atoms with van der Waals surface area (Å²) in [6.45, 7) is 6.69. The third-order valence-corrected chi connectivity index (χ3v) is 1.39. The highest BCUT2D eigenvalue weighted by Crippen LogP contribution is 1.90. The van der Waals surface area contributed by atoms with Gasteiger partial charge in [-0.1, -0.05) is 6.58 Å². The Hall–Kier alpha value is -0.830. The van der Waals surface area contributed by atoms with E-state index >= 15 is 0 Å². The number of rotatable bonds is 4. The number of carbonyl (C=O) groups excluding carboxylic acids is 1. The summed E-state index contributed by atoms with van der Waals surface area (Å²) < 4.78 is 0.608. The minimum atomic E-state index is -0.0801. The molecule has 1 amide bonds. The van der Waals surface area contributed by atoms with Crippen molar-refractivity contribution in [2.75, 3.05) is 27.2 Å². The lowest BCUT2D eigenvalue weighted by molar-refractivity contribution is -0.844. The second kappa shape index (κ2) is 4.26. The Kier molecular flexibility index (Phi) is 3.96. The zero-order valence-electron chi connectivity index (χ0n) is 8.18. The van der Waals surface area contributed by atoms with Gasteiger partial charge in [-0.05, 0) is 6.92 Å². The van der Waals surface area contributed by atoms with E-state index in [1.807, 2.05) is 14.1 Å². The molecule has 3 nitrogen and oxygen atoms in total. The van der Waals surface area contributed by atoms with Gasteiger partial charge in [-0.25, -0.2) is 0 Å². The summed E-state index contributed by atoms with van der Waals surface area (Å²) in [6.07, 6.45) is 0. The molecule has 0 aliphatic heterocycles. The molecule has 0 saturated heterocycles. The number of quaternary nitrogens is 1. The third-order valence-electron chi connectivity index (χ3n) is 1.39. The van der Waals surface area contributed by atoms with E-state index in [1.165, 1.54) is 0 Å². The topological polar surface area (TPSA) is 29.1 Å². The molecule has 1 N–H and O–H groups in total. The van der Waals surface area contributed by atoms with Gasteiger partial charge in [0.05, 0.1) is 13.1 Å². The molecule has 0 aromatic carbocycles. The van der Waals surface area contributed by atoms with Gasteiger partial charge in [0.2, 0.25) is 5.91 Å². The first kappa shape index (κ1) is 11.2. The first-order valence-corrected chi connectivity index (χ1v) is 3.94. The number of nitrogens with zero attached hydrogens (tertiary/aromatic N) is 1. The SMILES string of the molecule is C=C(C)C(=O)NCC[N+]([CH2-])(C)C. The largest absolute Gasteiger partial charge is 0.460 e. The van der Waals surface area contributed by atoms with Gasteiger partial charge in [-0.15, -0.1) is 7.05 Å². The average Bonchev–Trinajstić information content (AvgIpc) is 1.84. The van der Waals surface area contributed by atoms with Crippen LogP contribution in [-0.4, -0.2) is 37.6 Å². The highest BCUT2D eigenvalue weighted by atomic mass is 16.1. The van der Waals surface area contributed by atoms with E-state index in [0.29, 0.717) is 16.6 Å². The molecule has 3 heteroatoms. The Bertz CT molecular complexity index is 179. The van der Waals surface area contributed by atoms with Crippen molar-refractivity contribution in [2.24, 2.45) is 0 Å². The summed E-state index contributed by atoms with van der Waals surface area (Å²) in [4.78, 5) is 11.0. The molecule has 0 aliphatic carbocycles. The minimum absolute atomic E-state index is 0.0801. The second-order valence-corrected chi connectivity index (χ2v) is 3.70. The number of hydrogen-bond donors (Lipinski definition) is 1. The molecule has 0 spiro atoms. The molecule has 70 valence electrons. The van der Waals surface area contributed by atoms with Gasteiger partial charge in [0.15, 0.2) is 0 Å². The molecule has 0 aliphatic rings. The Morgan fingerprint density at radius 1 is 1.58 bits per heavy atom. The van der Waals surface area contributed by atoms with Gasteiger partial charge in [-0.3, -0.25) is 4.79 Å². The van der Waals surface area contributed by atoms with E-state index in [2.05, 4.69) is 18.9 Å². The number of amides is 1. The van der Waals surface area contributed by atoms with E-state index in [4.69, 9.17) is 0 Å². The maximum absolute atomic E-state index is 11.0. The van der Waals surface area contributed by atoms with Crippen LogP contribution in [0.3, 0.4) is 0 Å². The van der Waals surface area contributed by atoms with Gasteiger partial charge in [0.25, 0.3) is 0 Å². The van der Waals surface area contributed by atoms with Gasteiger partial charge >= 0.3 is 0 Å². The number of hydrogen-bond acceptors (Lipinski definition) is 1. The van der Waals surface area contributed by atoms with Crippen LogP contribution in [0, 0.1) is 7.05 Å². The fraction of sp³-hybridized carbons (Fsp3) is 0.556. The van der Waals surface area contributed by atoms with E-state index in [9.17, 15) is 4.79 Å². The Labute approximate surface area is 74.7 Å². The Morgan fingerprint density at radius 2 is 2.08 bits per heavy atom. The predicted octanol–water partition coefficient (Wildman–Crippen LogP) is 0.547. The van der Waals surface area contributed by atoms with Crippen molar-refractivity contribution in [1.82, 2.24) is 5.32 Å². The molecule has 0 aromatic rings. The first-order valence-electron chi connectivity index (χ1n) is 3.94. The lowest BCUT2D eigenvalue weighted by Gasteiger charge is -2.32. The van der Waals surface area contributed by atoms with Crippen molar-refractivity contribution in [1.29, 1.82) is 0 Å². The van der Waals surface area contributed by atoms with Crippen LogP contribution in [0.5, 0.6) is 0 Å². The summed E-state index contributed by atoms with van der Waals surface area (Å²) in [7, 11) is 7.83.